The van der Waals surface area contributed by atoms with Crippen molar-refractivity contribution >= 4 is 13.7 Å². The number of quaternary nitrogens is 1. The Morgan fingerprint density at radius 3 is 1.43 bits per heavy atom. The average molecular weight is 692 g/mol. The number of aliphatic hydroxyl groups excluding tert-OH is 1. The highest BCUT2D eigenvalue weighted by Gasteiger charge is 2.28. The van der Waals surface area contributed by atoms with Crippen LogP contribution in [-0.2, 0) is 18.4 Å². The third-order valence-corrected chi connectivity index (χ3v) is 10.1. The van der Waals surface area contributed by atoms with Crippen LogP contribution < -0.4 is 5.32 Å². The van der Waals surface area contributed by atoms with Crippen LogP contribution in [0.25, 0.3) is 0 Å². The summed E-state index contributed by atoms with van der Waals surface area (Å²) in [5.41, 5.74) is 0. The first-order valence-corrected chi connectivity index (χ1v) is 21.4. The van der Waals surface area contributed by atoms with Gasteiger partial charge in [-0.15, -0.1) is 0 Å². The van der Waals surface area contributed by atoms with Gasteiger partial charge in [-0.2, -0.15) is 0 Å². The number of nitrogens with zero attached hydrogens (tertiary/aromatic N) is 1. The van der Waals surface area contributed by atoms with Crippen molar-refractivity contribution in [2.24, 2.45) is 0 Å². The first kappa shape index (κ1) is 46.5. The Bertz CT molecular complexity index is 748. The Morgan fingerprint density at radius 2 is 1.02 bits per heavy atom. The number of hydrogen-bond donors (Lipinski definition) is 3. The molecule has 0 aliphatic heterocycles. The van der Waals surface area contributed by atoms with Gasteiger partial charge in [-0.05, 0) is 12.8 Å². The molecule has 0 spiro atoms. The number of phosphoric acid groups is 1. The van der Waals surface area contributed by atoms with Gasteiger partial charge in [0, 0.05) is 6.42 Å². The van der Waals surface area contributed by atoms with Crippen molar-refractivity contribution in [3.05, 3.63) is 0 Å². The topological polar surface area (TPSA) is 105 Å². The lowest BCUT2D eigenvalue weighted by Gasteiger charge is -2.26. The molecule has 9 heteroatoms. The van der Waals surface area contributed by atoms with E-state index in [0.717, 1.165) is 38.5 Å². The largest absolute Gasteiger partial charge is 0.472 e. The summed E-state index contributed by atoms with van der Waals surface area (Å²) in [5.74, 6) is -0.147. The summed E-state index contributed by atoms with van der Waals surface area (Å²) in [5, 5.41) is 13.7. The summed E-state index contributed by atoms with van der Waals surface area (Å²) in [6, 6.07) is -0.749. The van der Waals surface area contributed by atoms with Gasteiger partial charge in [0.2, 0.25) is 5.91 Å². The van der Waals surface area contributed by atoms with Crippen LogP contribution in [0.4, 0.5) is 0 Å². The van der Waals surface area contributed by atoms with Gasteiger partial charge < -0.3 is 19.8 Å². The Kier molecular flexibility index (Phi) is 31.1. The smallest absolute Gasteiger partial charge is 0.391 e. The predicted octanol–water partition coefficient (Wildman–Crippen LogP) is 10.2. The number of phosphoric ester groups is 1. The molecule has 0 aliphatic rings. The van der Waals surface area contributed by atoms with Crippen molar-refractivity contribution in [1.29, 1.82) is 0 Å². The van der Waals surface area contributed by atoms with E-state index in [-0.39, 0.29) is 19.1 Å². The monoisotopic (exact) mass is 692 g/mol. The zero-order valence-corrected chi connectivity index (χ0v) is 32.7. The molecule has 0 aromatic heterocycles. The van der Waals surface area contributed by atoms with Gasteiger partial charge in [-0.1, -0.05) is 168 Å². The zero-order valence-electron chi connectivity index (χ0n) is 31.8. The molecule has 0 radical (unpaired) electrons. The maximum absolute atomic E-state index is 12.8. The van der Waals surface area contributed by atoms with Crippen LogP contribution >= 0.6 is 7.82 Å². The molecule has 0 rings (SSSR count). The maximum Gasteiger partial charge on any atom is 0.472 e. The Labute approximate surface area is 291 Å². The number of aliphatic hydroxyl groups is 1. The molecule has 282 valence electrons. The molecular formula is C38H80N2O6P+. The minimum Gasteiger partial charge on any atom is -0.391 e. The molecule has 0 aromatic rings. The van der Waals surface area contributed by atoms with Crippen molar-refractivity contribution in [3.63, 3.8) is 0 Å². The highest BCUT2D eigenvalue weighted by molar-refractivity contribution is 7.47. The van der Waals surface area contributed by atoms with Crippen LogP contribution in [0.15, 0.2) is 0 Å². The van der Waals surface area contributed by atoms with Crippen molar-refractivity contribution in [2.45, 2.75) is 199 Å². The van der Waals surface area contributed by atoms with Gasteiger partial charge in [-0.25, -0.2) is 4.57 Å². The van der Waals surface area contributed by atoms with E-state index in [1.54, 1.807) is 0 Å². The summed E-state index contributed by atoms with van der Waals surface area (Å²) >= 11 is 0. The molecule has 3 atom stereocenters. The van der Waals surface area contributed by atoms with Crippen LogP contribution in [0.3, 0.4) is 0 Å². The first-order chi connectivity index (χ1) is 22.5. The van der Waals surface area contributed by atoms with Crippen LogP contribution in [-0.4, -0.2) is 73.4 Å². The van der Waals surface area contributed by atoms with Gasteiger partial charge in [0.05, 0.1) is 39.9 Å². The highest BCUT2D eigenvalue weighted by atomic mass is 31.2. The molecule has 3 unspecified atom stereocenters. The Morgan fingerprint density at radius 1 is 0.638 bits per heavy atom. The molecule has 0 saturated heterocycles. The van der Waals surface area contributed by atoms with E-state index in [9.17, 15) is 19.4 Å². The number of unbranched alkanes of at least 4 members (excludes halogenated alkanes) is 23. The van der Waals surface area contributed by atoms with E-state index in [2.05, 4.69) is 19.2 Å². The number of rotatable bonds is 36. The lowest BCUT2D eigenvalue weighted by Crippen LogP contribution is -2.46. The number of hydrogen-bond acceptors (Lipinski definition) is 5. The minimum atomic E-state index is -4.29. The van der Waals surface area contributed by atoms with E-state index in [4.69, 9.17) is 9.05 Å². The maximum atomic E-state index is 12.8. The van der Waals surface area contributed by atoms with Crippen molar-refractivity contribution in [3.8, 4) is 0 Å². The third kappa shape index (κ3) is 33.8. The minimum absolute atomic E-state index is 0.0774. The zero-order chi connectivity index (χ0) is 35.1. The van der Waals surface area contributed by atoms with Gasteiger partial charge >= 0.3 is 7.82 Å². The van der Waals surface area contributed by atoms with Gasteiger partial charge in [0.15, 0.2) is 0 Å². The molecular weight excluding hydrogens is 611 g/mol. The molecule has 0 aromatic carbocycles. The summed E-state index contributed by atoms with van der Waals surface area (Å²) in [6.45, 7) is 4.83. The molecule has 0 fully saturated rings. The van der Waals surface area contributed by atoms with E-state index in [1.807, 2.05) is 21.1 Å². The van der Waals surface area contributed by atoms with Crippen LogP contribution in [0, 0.1) is 0 Å². The Hall–Kier alpha value is -0.500. The molecule has 8 nitrogen and oxygen atoms in total. The predicted molar refractivity (Wildman–Crippen MR) is 199 cm³/mol. The van der Waals surface area contributed by atoms with Crippen LogP contribution in [0.5, 0.6) is 0 Å². The fraction of sp³-hybridized carbons (Fsp3) is 0.974. The standard InChI is InChI=1S/C38H79N2O6P/c1-6-8-10-12-14-15-16-17-18-19-20-21-22-23-24-25-26-28-30-32-38(42)39-36(37(41)31-29-27-13-11-9-7-2)35-46-47(43,44)45-34-33-40(3,4)5/h36-37,41H,6-35H2,1-5H3,(H-,39,42,43,44)/p+1. The summed E-state index contributed by atoms with van der Waals surface area (Å²) in [7, 11) is 1.62. The summed E-state index contributed by atoms with van der Waals surface area (Å²) in [6.07, 6.45) is 31.5. The fourth-order valence-electron chi connectivity index (χ4n) is 5.87. The van der Waals surface area contributed by atoms with Gasteiger partial charge in [0.25, 0.3) is 0 Å². The average Bonchev–Trinajstić information content (AvgIpc) is 3.01. The number of likely N-dealkylation sites (N-methyl/N-ethyl adjacent to an activating group) is 1. The molecule has 0 bridgehead atoms. The lowest BCUT2D eigenvalue weighted by molar-refractivity contribution is -0.870. The fourth-order valence-corrected chi connectivity index (χ4v) is 6.60. The van der Waals surface area contributed by atoms with E-state index in [0.29, 0.717) is 23.9 Å². The Balaban J connectivity index is 4.15. The molecule has 0 heterocycles. The molecule has 0 saturated carbocycles. The second kappa shape index (κ2) is 31.5. The van der Waals surface area contributed by atoms with E-state index >= 15 is 0 Å². The van der Waals surface area contributed by atoms with Gasteiger partial charge in [0.1, 0.15) is 13.2 Å². The van der Waals surface area contributed by atoms with Crippen LogP contribution in [0.1, 0.15) is 187 Å². The van der Waals surface area contributed by atoms with E-state index < -0.39 is 20.0 Å². The number of amides is 1. The molecule has 1 amide bonds. The summed E-state index contributed by atoms with van der Waals surface area (Å²) in [4.78, 5) is 22.9. The van der Waals surface area contributed by atoms with Crippen molar-refractivity contribution < 1.29 is 32.9 Å². The van der Waals surface area contributed by atoms with E-state index in [1.165, 1.54) is 122 Å². The van der Waals surface area contributed by atoms with Crippen molar-refractivity contribution in [2.75, 3.05) is 40.9 Å². The van der Waals surface area contributed by atoms with Crippen LogP contribution in [0.2, 0.25) is 0 Å². The molecule has 0 aliphatic carbocycles. The highest BCUT2D eigenvalue weighted by Crippen LogP contribution is 2.43. The number of carbonyl (C=O) groups excluding carboxylic acids is 1. The second-order valence-corrected chi connectivity index (χ2v) is 16.5. The SMILES string of the molecule is CCCCCCCCCCCCCCCCCCCCCC(=O)NC(COP(=O)(O)OCC[N+](C)(C)C)C(O)CCCCCCCC. The molecule has 47 heavy (non-hydrogen) atoms. The normalized spacial score (nSPS) is 14.6. The van der Waals surface area contributed by atoms with Gasteiger partial charge in [-0.3, -0.25) is 13.8 Å². The second-order valence-electron chi connectivity index (χ2n) is 15.0. The molecule has 3 N–H and O–H groups in total. The number of nitrogens with one attached hydrogen (secondary N) is 1. The summed E-state index contributed by atoms with van der Waals surface area (Å²) < 4.78 is 23.4. The number of carbonyl (C=O) groups is 1. The lowest BCUT2D eigenvalue weighted by atomic mass is 10.0. The quantitative estimate of drug-likeness (QED) is 0.0343. The van der Waals surface area contributed by atoms with Crippen molar-refractivity contribution in [1.82, 2.24) is 5.32 Å². The first-order valence-electron chi connectivity index (χ1n) is 19.9. The third-order valence-electron chi connectivity index (χ3n) is 9.11.